The van der Waals surface area contributed by atoms with Crippen LogP contribution in [0.15, 0.2) is 23.1 Å². The fourth-order valence-corrected chi connectivity index (χ4v) is 3.60. The number of carbonyl (C=O) groups is 1. The van der Waals surface area contributed by atoms with Crippen molar-refractivity contribution in [2.75, 3.05) is 0 Å². The van der Waals surface area contributed by atoms with Crippen molar-refractivity contribution in [1.29, 1.82) is 0 Å². The third-order valence-electron chi connectivity index (χ3n) is 3.38. The lowest BCUT2D eigenvalue weighted by molar-refractivity contribution is -0.139. The van der Waals surface area contributed by atoms with E-state index in [1.165, 1.54) is 5.56 Å². The minimum atomic E-state index is -3.77. The Hall–Kier alpha value is -1.40. The summed E-state index contributed by atoms with van der Waals surface area (Å²) in [5, 5.41) is 8.91. The Morgan fingerprint density at radius 2 is 2.05 bits per heavy atom. The normalized spacial score (nSPS) is 16.1. The predicted molar refractivity (Wildman–Crippen MR) is 70.5 cm³/mol. The van der Waals surface area contributed by atoms with Crippen LogP contribution in [-0.2, 0) is 27.7 Å². The Labute approximate surface area is 112 Å². The van der Waals surface area contributed by atoms with Gasteiger partial charge in [-0.25, -0.2) is 8.42 Å². The maximum absolute atomic E-state index is 12.1. The molecule has 2 rings (SSSR count). The molecule has 1 aliphatic rings. The number of sulfonamides is 1. The van der Waals surface area contributed by atoms with E-state index in [4.69, 9.17) is 5.11 Å². The lowest BCUT2D eigenvalue weighted by atomic mass is 10.1. The van der Waals surface area contributed by atoms with Crippen molar-refractivity contribution in [3.05, 3.63) is 29.3 Å². The molecule has 1 aliphatic carbocycles. The number of hydrogen-bond donors (Lipinski definition) is 2. The van der Waals surface area contributed by atoms with Gasteiger partial charge in [0.2, 0.25) is 10.0 Å². The second-order valence-corrected chi connectivity index (χ2v) is 6.42. The average molecular weight is 283 g/mol. The summed E-state index contributed by atoms with van der Waals surface area (Å²) in [6.45, 7) is 1.63. The van der Waals surface area contributed by atoms with Crippen LogP contribution in [0.5, 0.6) is 0 Å². The number of carboxylic acids is 1. The first-order valence-corrected chi connectivity index (χ1v) is 7.79. The molecule has 0 radical (unpaired) electrons. The van der Waals surface area contributed by atoms with Gasteiger partial charge in [-0.3, -0.25) is 4.79 Å². The highest BCUT2D eigenvalue weighted by Crippen LogP contribution is 2.24. The lowest BCUT2D eigenvalue weighted by Crippen LogP contribution is -2.40. The van der Waals surface area contributed by atoms with Crippen molar-refractivity contribution in [3.8, 4) is 0 Å². The topological polar surface area (TPSA) is 83.5 Å². The largest absolute Gasteiger partial charge is 0.480 e. The molecule has 0 aliphatic heterocycles. The summed E-state index contributed by atoms with van der Waals surface area (Å²) >= 11 is 0. The molecule has 19 heavy (non-hydrogen) atoms. The number of aliphatic carboxylic acids is 1. The number of aryl methyl sites for hydroxylation is 2. The Morgan fingerprint density at radius 3 is 2.68 bits per heavy atom. The van der Waals surface area contributed by atoms with Gasteiger partial charge in [-0.2, -0.15) is 4.72 Å². The molecule has 0 unspecified atom stereocenters. The fraction of sp³-hybridized carbons (Fsp3) is 0.462. The van der Waals surface area contributed by atoms with Crippen molar-refractivity contribution in [1.82, 2.24) is 4.72 Å². The van der Waals surface area contributed by atoms with E-state index in [1.54, 1.807) is 19.1 Å². The molecule has 0 spiro atoms. The molecule has 0 saturated heterocycles. The van der Waals surface area contributed by atoms with Crippen molar-refractivity contribution in [3.63, 3.8) is 0 Å². The third-order valence-corrected chi connectivity index (χ3v) is 4.85. The van der Waals surface area contributed by atoms with Crippen LogP contribution in [0.2, 0.25) is 0 Å². The van der Waals surface area contributed by atoms with Crippen LogP contribution in [0, 0.1) is 0 Å². The van der Waals surface area contributed by atoms with Gasteiger partial charge >= 0.3 is 5.97 Å². The summed E-state index contributed by atoms with van der Waals surface area (Å²) < 4.78 is 26.5. The van der Waals surface area contributed by atoms with Gasteiger partial charge in [-0.05, 0) is 48.9 Å². The molecule has 1 aromatic carbocycles. The Kier molecular flexibility index (Phi) is 3.91. The highest BCUT2D eigenvalue weighted by molar-refractivity contribution is 7.89. The van der Waals surface area contributed by atoms with Crippen molar-refractivity contribution in [2.45, 2.75) is 43.5 Å². The van der Waals surface area contributed by atoms with Gasteiger partial charge in [-0.1, -0.05) is 13.0 Å². The van der Waals surface area contributed by atoms with Gasteiger partial charge in [0.25, 0.3) is 0 Å². The van der Waals surface area contributed by atoms with Crippen LogP contribution in [-0.4, -0.2) is 25.5 Å². The Morgan fingerprint density at radius 1 is 1.37 bits per heavy atom. The number of carboxylic acid groups (broad SMARTS) is 1. The maximum Gasteiger partial charge on any atom is 0.321 e. The monoisotopic (exact) mass is 283 g/mol. The highest BCUT2D eigenvalue weighted by atomic mass is 32.2. The first-order valence-electron chi connectivity index (χ1n) is 6.31. The van der Waals surface area contributed by atoms with Gasteiger partial charge in [0.15, 0.2) is 0 Å². The van der Waals surface area contributed by atoms with E-state index >= 15 is 0 Å². The molecular weight excluding hydrogens is 266 g/mol. The average Bonchev–Trinajstić information content (AvgIpc) is 2.82. The second kappa shape index (κ2) is 5.30. The molecule has 104 valence electrons. The first kappa shape index (κ1) is 14.0. The van der Waals surface area contributed by atoms with Crippen LogP contribution in [0.25, 0.3) is 0 Å². The third kappa shape index (κ3) is 2.96. The lowest BCUT2D eigenvalue weighted by Gasteiger charge is -2.13. The molecule has 0 fully saturated rings. The molecule has 1 aromatic rings. The summed E-state index contributed by atoms with van der Waals surface area (Å²) in [5.41, 5.74) is 2.23. The quantitative estimate of drug-likeness (QED) is 0.853. The van der Waals surface area contributed by atoms with Crippen LogP contribution >= 0.6 is 0 Å². The summed E-state index contributed by atoms with van der Waals surface area (Å²) in [4.78, 5) is 11.0. The minimum absolute atomic E-state index is 0.146. The number of hydrogen-bond acceptors (Lipinski definition) is 3. The molecule has 2 N–H and O–H groups in total. The zero-order valence-corrected chi connectivity index (χ0v) is 11.5. The van der Waals surface area contributed by atoms with E-state index in [-0.39, 0.29) is 11.3 Å². The van der Waals surface area contributed by atoms with E-state index in [1.807, 2.05) is 6.07 Å². The van der Waals surface area contributed by atoms with Gasteiger partial charge in [0.05, 0.1) is 4.90 Å². The Balaban J connectivity index is 2.27. The molecule has 0 amide bonds. The van der Waals surface area contributed by atoms with Crippen molar-refractivity contribution >= 4 is 16.0 Å². The number of nitrogens with one attached hydrogen (secondary N) is 1. The SMILES string of the molecule is CC[C@H](NS(=O)(=O)c1ccc2c(c1)CCC2)C(=O)O. The fourth-order valence-electron chi connectivity index (χ4n) is 2.28. The van der Waals surface area contributed by atoms with Crippen LogP contribution in [0.4, 0.5) is 0 Å². The van der Waals surface area contributed by atoms with E-state index in [0.29, 0.717) is 0 Å². The van der Waals surface area contributed by atoms with Crippen LogP contribution in [0.1, 0.15) is 30.9 Å². The van der Waals surface area contributed by atoms with E-state index in [2.05, 4.69) is 4.72 Å². The molecule has 6 heteroatoms. The number of rotatable bonds is 5. The predicted octanol–water partition coefficient (Wildman–Crippen LogP) is 1.32. The molecule has 1 atom stereocenters. The maximum atomic E-state index is 12.1. The first-order chi connectivity index (χ1) is 8.94. The van der Waals surface area contributed by atoms with Crippen molar-refractivity contribution < 1.29 is 18.3 Å². The van der Waals surface area contributed by atoms with Gasteiger partial charge in [0, 0.05) is 0 Å². The Bertz CT molecular complexity index is 595. The summed E-state index contributed by atoms with van der Waals surface area (Å²) in [7, 11) is -3.77. The van der Waals surface area contributed by atoms with Crippen LogP contribution < -0.4 is 4.72 Å². The highest BCUT2D eigenvalue weighted by Gasteiger charge is 2.24. The zero-order valence-electron chi connectivity index (χ0n) is 10.7. The van der Waals surface area contributed by atoms with Gasteiger partial charge in [0.1, 0.15) is 6.04 Å². The molecule has 5 nitrogen and oxygen atoms in total. The zero-order chi connectivity index (χ0) is 14.0. The summed E-state index contributed by atoms with van der Waals surface area (Å²) in [6.07, 6.45) is 3.11. The molecular formula is C13H17NO4S. The minimum Gasteiger partial charge on any atom is -0.480 e. The molecule has 0 saturated carbocycles. The van der Waals surface area contributed by atoms with E-state index < -0.39 is 22.0 Å². The second-order valence-electron chi connectivity index (χ2n) is 4.70. The van der Waals surface area contributed by atoms with E-state index in [9.17, 15) is 13.2 Å². The summed E-state index contributed by atoms with van der Waals surface area (Å²) in [6, 6.07) is 3.93. The number of benzene rings is 1. The smallest absolute Gasteiger partial charge is 0.321 e. The van der Waals surface area contributed by atoms with Crippen LogP contribution in [0.3, 0.4) is 0 Å². The molecule has 0 bridgehead atoms. The van der Waals surface area contributed by atoms with Crippen molar-refractivity contribution in [2.24, 2.45) is 0 Å². The molecule has 0 aromatic heterocycles. The molecule has 0 heterocycles. The number of fused-ring (bicyclic) bond motifs is 1. The van der Waals surface area contributed by atoms with E-state index in [0.717, 1.165) is 24.8 Å². The standard InChI is InChI=1S/C13H17NO4S/c1-2-12(13(15)16)14-19(17,18)11-7-6-9-4-3-5-10(9)8-11/h6-8,12,14H,2-5H2,1H3,(H,15,16)/t12-/m0/s1. The van der Waals surface area contributed by atoms with Gasteiger partial charge < -0.3 is 5.11 Å². The summed E-state index contributed by atoms with van der Waals surface area (Å²) in [5.74, 6) is -1.16. The van der Waals surface area contributed by atoms with Gasteiger partial charge in [-0.15, -0.1) is 0 Å².